The lowest BCUT2D eigenvalue weighted by Crippen LogP contribution is -2.39. The predicted octanol–water partition coefficient (Wildman–Crippen LogP) is 0.995. The Balaban J connectivity index is 2.33. The van der Waals surface area contributed by atoms with E-state index in [0.717, 1.165) is 19.4 Å². The molecule has 1 aliphatic heterocycles. The van der Waals surface area contributed by atoms with Crippen LogP contribution in [0.1, 0.15) is 44.0 Å². The molecule has 0 spiro atoms. The highest BCUT2D eigenvalue weighted by atomic mass is 16.3. The highest BCUT2D eigenvalue weighted by Crippen LogP contribution is 2.25. The summed E-state index contributed by atoms with van der Waals surface area (Å²) in [7, 11) is 0. The van der Waals surface area contributed by atoms with Crippen LogP contribution < -0.4 is 16.0 Å². The summed E-state index contributed by atoms with van der Waals surface area (Å²) in [5.41, 5.74) is 5.59. The summed E-state index contributed by atoms with van der Waals surface area (Å²) in [4.78, 5) is 22.3. The number of nitrogens with zero attached hydrogens (tertiary/aromatic N) is 3. The van der Waals surface area contributed by atoms with Gasteiger partial charge in [0.15, 0.2) is 0 Å². The summed E-state index contributed by atoms with van der Waals surface area (Å²) in [5.74, 6) is 0.679. The third kappa shape index (κ3) is 4.07. The van der Waals surface area contributed by atoms with E-state index < -0.39 is 5.91 Å². The minimum atomic E-state index is -0.538. The number of anilines is 2. The Morgan fingerprint density at radius 1 is 1.55 bits per heavy atom. The molecule has 7 nitrogen and oxygen atoms in total. The zero-order valence-corrected chi connectivity index (χ0v) is 13.5. The molecule has 1 aromatic rings. The lowest BCUT2D eigenvalue weighted by atomic mass is 9.99. The Labute approximate surface area is 130 Å². The first-order valence-corrected chi connectivity index (χ1v) is 7.61. The largest absolute Gasteiger partial charge is 0.396 e. The Hall–Kier alpha value is -1.89. The van der Waals surface area contributed by atoms with Gasteiger partial charge in [-0.3, -0.25) is 4.79 Å². The summed E-state index contributed by atoms with van der Waals surface area (Å²) in [5, 5.41) is 12.6. The molecule has 2 rings (SSSR count). The molecular formula is C15H25N5O2. The number of aliphatic hydroxyl groups is 1. The number of rotatable bonds is 4. The van der Waals surface area contributed by atoms with Crippen LogP contribution in [0.15, 0.2) is 6.20 Å². The van der Waals surface area contributed by atoms with Crippen molar-refractivity contribution in [2.75, 3.05) is 29.9 Å². The van der Waals surface area contributed by atoms with E-state index >= 15 is 0 Å². The van der Waals surface area contributed by atoms with Crippen LogP contribution in [0.2, 0.25) is 0 Å². The Morgan fingerprint density at radius 2 is 2.27 bits per heavy atom. The van der Waals surface area contributed by atoms with Crippen LogP contribution in [-0.2, 0) is 0 Å². The van der Waals surface area contributed by atoms with Crippen molar-refractivity contribution >= 4 is 17.7 Å². The van der Waals surface area contributed by atoms with Gasteiger partial charge in [-0.15, -0.1) is 0 Å². The maximum atomic E-state index is 11.7. The second kappa shape index (κ2) is 6.48. The standard InChI is InChI=1S/C15H25N5O2/c1-15(2,3)19-14-17-7-11(12(16)22)13(18-14)20-6-4-5-10(8-20)9-21/h7,10,21H,4-6,8-9H2,1-3H3,(H2,16,22)(H,17,18,19). The molecule has 0 aromatic carbocycles. The van der Waals surface area contributed by atoms with E-state index in [0.29, 0.717) is 23.9 Å². The molecule has 1 fully saturated rings. The smallest absolute Gasteiger partial charge is 0.254 e. The maximum absolute atomic E-state index is 11.7. The van der Waals surface area contributed by atoms with Crippen molar-refractivity contribution in [3.05, 3.63) is 11.8 Å². The number of aromatic nitrogens is 2. The molecule has 1 aliphatic rings. The normalized spacial score (nSPS) is 19.1. The highest BCUT2D eigenvalue weighted by Gasteiger charge is 2.25. The van der Waals surface area contributed by atoms with E-state index in [1.165, 1.54) is 6.20 Å². The van der Waals surface area contributed by atoms with Gasteiger partial charge in [0, 0.05) is 31.4 Å². The quantitative estimate of drug-likeness (QED) is 0.766. The predicted molar refractivity (Wildman–Crippen MR) is 85.9 cm³/mol. The molecule has 22 heavy (non-hydrogen) atoms. The lowest BCUT2D eigenvalue weighted by molar-refractivity contribution is 0.1000. The molecule has 2 heterocycles. The number of aliphatic hydroxyl groups excluding tert-OH is 1. The van der Waals surface area contributed by atoms with E-state index in [2.05, 4.69) is 15.3 Å². The van der Waals surface area contributed by atoms with Crippen LogP contribution in [0.3, 0.4) is 0 Å². The minimum absolute atomic E-state index is 0.139. The SMILES string of the molecule is CC(C)(C)Nc1ncc(C(N)=O)c(N2CCCC(CO)C2)n1. The second-order valence-corrected chi connectivity index (χ2v) is 6.81. The zero-order valence-electron chi connectivity index (χ0n) is 13.5. The number of primary amides is 1. The van der Waals surface area contributed by atoms with Gasteiger partial charge in [0.2, 0.25) is 5.95 Å². The molecule has 0 bridgehead atoms. The molecule has 1 aromatic heterocycles. The number of hydrogen-bond donors (Lipinski definition) is 3. The van der Waals surface area contributed by atoms with Crippen LogP contribution in [0, 0.1) is 5.92 Å². The van der Waals surface area contributed by atoms with Gasteiger partial charge in [-0.2, -0.15) is 4.98 Å². The third-order valence-corrected chi connectivity index (χ3v) is 3.60. The Bertz CT molecular complexity index is 541. The summed E-state index contributed by atoms with van der Waals surface area (Å²) in [6, 6.07) is 0. The van der Waals surface area contributed by atoms with Gasteiger partial charge in [-0.1, -0.05) is 0 Å². The molecular weight excluding hydrogens is 282 g/mol. The van der Waals surface area contributed by atoms with Gasteiger partial charge in [0.1, 0.15) is 11.4 Å². The molecule has 0 saturated carbocycles. The van der Waals surface area contributed by atoms with Gasteiger partial charge in [0.25, 0.3) is 5.91 Å². The van der Waals surface area contributed by atoms with Crippen LogP contribution in [0.4, 0.5) is 11.8 Å². The fourth-order valence-electron chi connectivity index (χ4n) is 2.59. The zero-order chi connectivity index (χ0) is 16.3. The average Bonchev–Trinajstić information content (AvgIpc) is 2.45. The van der Waals surface area contributed by atoms with Crippen molar-refractivity contribution in [3.63, 3.8) is 0 Å². The van der Waals surface area contributed by atoms with Gasteiger partial charge in [-0.05, 0) is 39.5 Å². The number of carbonyl (C=O) groups excluding carboxylic acids is 1. The minimum Gasteiger partial charge on any atom is -0.396 e. The van der Waals surface area contributed by atoms with Gasteiger partial charge in [-0.25, -0.2) is 4.98 Å². The van der Waals surface area contributed by atoms with Crippen molar-refractivity contribution in [1.29, 1.82) is 0 Å². The number of nitrogens with two attached hydrogens (primary N) is 1. The molecule has 1 saturated heterocycles. The third-order valence-electron chi connectivity index (χ3n) is 3.60. The van der Waals surface area contributed by atoms with Crippen molar-refractivity contribution in [2.24, 2.45) is 11.7 Å². The van der Waals surface area contributed by atoms with E-state index in [1.807, 2.05) is 25.7 Å². The Morgan fingerprint density at radius 3 is 2.86 bits per heavy atom. The second-order valence-electron chi connectivity index (χ2n) is 6.81. The van der Waals surface area contributed by atoms with Gasteiger partial charge < -0.3 is 21.1 Å². The van der Waals surface area contributed by atoms with Crippen LogP contribution in [-0.4, -0.2) is 46.2 Å². The molecule has 7 heteroatoms. The molecule has 0 aliphatic carbocycles. The highest BCUT2D eigenvalue weighted by molar-refractivity contribution is 5.97. The number of hydrogen-bond acceptors (Lipinski definition) is 6. The van der Waals surface area contributed by atoms with E-state index in [1.54, 1.807) is 0 Å². The van der Waals surface area contributed by atoms with Crippen molar-refractivity contribution in [3.8, 4) is 0 Å². The average molecular weight is 307 g/mol. The lowest BCUT2D eigenvalue weighted by Gasteiger charge is -2.33. The number of carbonyl (C=O) groups is 1. The number of nitrogens with one attached hydrogen (secondary N) is 1. The van der Waals surface area contributed by atoms with Crippen LogP contribution in [0.25, 0.3) is 0 Å². The molecule has 4 N–H and O–H groups in total. The maximum Gasteiger partial charge on any atom is 0.254 e. The monoisotopic (exact) mass is 307 g/mol. The van der Waals surface area contributed by atoms with Crippen molar-refractivity contribution < 1.29 is 9.90 Å². The Kier molecular flexibility index (Phi) is 4.85. The van der Waals surface area contributed by atoms with Gasteiger partial charge >= 0.3 is 0 Å². The summed E-state index contributed by atoms with van der Waals surface area (Å²) in [6.07, 6.45) is 3.41. The molecule has 1 unspecified atom stereocenters. The molecule has 1 atom stereocenters. The summed E-state index contributed by atoms with van der Waals surface area (Å²) in [6.45, 7) is 7.65. The first-order chi connectivity index (χ1) is 10.3. The fourth-order valence-corrected chi connectivity index (χ4v) is 2.59. The van der Waals surface area contributed by atoms with E-state index in [4.69, 9.17) is 5.73 Å². The van der Waals surface area contributed by atoms with Crippen LogP contribution >= 0.6 is 0 Å². The molecule has 1 amide bonds. The van der Waals surface area contributed by atoms with Crippen molar-refractivity contribution in [1.82, 2.24) is 9.97 Å². The topological polar surface area (TPSA) is 104 Å². The van der Waals surface area contributed by atoms with E-state index in [-0.39, 0.29) is 18.1 Å². The molecule has 0 radical (unpaired) electrons. The first-order valence-electron chi connectivity index (χ1n) is 7.61. The fraction of sp³-hybridized carbons (Fsp3) is 0.667. The summed E-state index contributed by atoms with van der Waals surface area (Å²) >= 11 is 0. The van der Waals surface area contributed by atoms with Crippen LogP contribution in [0.5, 0.6) is 0 Å². The van der Waals surface area contributed by atoms with Gasteiger partial charge in [0.05, 0.1) is 0 Å². The summed E-state index contributed by atoms with van der Waals surface area (Å²) < 4.78 is 0. The number of amides is 1. The molecule has 122 valence electrons. The number of piperidine rings is 1. The van der Waals surface area contributed by atoms with E-state index in [9.17, 15) is 9.90 Å². The van der Waals surface area contributed by atoms with Crippen molar-refractivity contribution in [2.45, 2.75) is 39.2 Å². The first kappa shape index (κ1) is 16.5.